The molecule has 1 amide bonds. The van der Waals surface area contributed by atoms with Crippen LogP contribution in [0.2, 0.25) is 0 Å². The van der Waals surface area contributed by atoms with E-state index in [4.69, 9.17) is 9.26 Å². The fourth-order valence-corrected chi connectivity index (χ4v) is 3.62. The first-order valence-electron chi connectivity index (χ1n) is 9.96. The third-order valence-corrected chi connectivity index (χ3v) is 5.32. The summed E-state index contributed by atoms with van der Waals surface area (Å²) in [6.07, 6.45) is 0. The lowest BCUT2D eigenvalue weighted by Crippen LogP contribution is -2.27. The largest absolute Gasteiger partial charge is 0.488 e. The lowest BCUT2D eigenvalue weighted by molar-refractivity contribution is 0.0935. The molecule has 0 saturated carbocycles. The smallest absolute Gasteiger partial charge is 0.255 e. The van der Waals surface area contributed by atoms with Crippen molar-refractivity contribution < 1.29 is 14.1 Å². The van der Waals surface area contributed by atoms with Gasteiger partial charge in [0.05, 0.1) is 22.9 Å². The second-order valence-electron chi connectivity index (χ2n) is 7.35. The fraction of sp³-hybridized carbons (Fsp3) is 0.200. The van der Waals surface area contributed by atoms with Crippen LogP contribution >= 0.6 is 0 Å². The molecule has 5 heteroatoms. The molecule has 1 heterocycles. The van der Waals surface area contributed by atoms with E-state index >= 15 is 0 Å². The van der Waals surface area contributed by atoms with Crippen LogP contribution in [-0.2, 0) is 6.61 Å². The van der Waals surface area contributed by atoms with Gasteiger partial charge in [-0.1, -0.05) is 59.8 Å². The molecule has 0 saturated heterocycles. The zero-order chi connectivity index (χ0) is 21.1. The second kappa shape index (κ2) is 8.41. The molecule has 1 unspecified atom stereocenters. The van der Waals surface area contributed by atoms with Gasteiger partial charge in [-0.05, 0) is 49.2 Å². The number of hydrogen-bond donors (Lipinski definition) is 1. The van der Waals surface area contributed by atoms with Gasteiger partial charge in [-0.15, -0.1) is 0 Å². The number of ether oxygens (including phenoxy) is 1. The van der Waals surface area contributed by atoms with Crippen molar-refractivity contribution in [3.63, 3.8) is 0 Å². The predicted octanol–water partition coefficient (Wildman–Crippen LogP) is 5.51. The first-order chi connectivity index (χ1) is 14.5. The predicted molar refractivity (Wildman–Crippen MR) is 117 cm³/mol. The normalized spacial score (nSPS) is 12.0. The van der Waals surface area contributed by atoms with Crippen LogP contribution in [0.3, 0.4) is 0 Å². The molecule has 4 rings (SSSR count). The van der Waals surface area contributed by atoms with E-state index in [0.717, 1.165) is 33.4 Å². The number of carbonyl (C=O) groups excluding carboxylic acids is 1. The summed E-state index contributed by atoms with van der Waals surface area (Å²) in [5, 5.41) is 9.35. The quantitative estimate of drug-likeness (QED) is 0.463. The molecule has 5 nitrogen and oxygen atoms in total. The van der Waals surface area contributed by atoms with Crippen molar-refractivity contribution in [2.24, 2.45) is 0 Å². The Morgan fingerprint density at radius 2 is 1.77 bits per heavy atom. The van der Waals surface area contributed by atoms with Gasteiger partial charge >= 0.3 is 0 Å². The van der Waals surface area contributed by atoms with Gasteiger partial charge in [0.1, 0.15) is 18.1 Å². The van der Waals surface area contributed by atoms with Gasteiger partial charge in [-0.3, -0.25) is 4.79 Å². The van der Waals surface area contributed by atoms with E-state index < -0.39 is 0 Å². The molecule has 4 aromatic rings. The maximum Gasteiger partial charge on any atom is 0.255 e. The van der Waals surface area contributed by atoms with Crippen molar-refractivity contribution >= 4 is 16.7 Å². The highest BCUT2D eigenvalue weighted by Crippen LogP contribution is 2.26. The molecule has 0 aliphatic heterocycles. The molecule has 152 valence electrons. The van der Waals surface area contributed by atoms with Gasteiger partial charge < -0.3 is 14.6 Å². The summed E-state index contributed by atoms with van der Waals surface area (Å²) < 4.78 is 11.1. The maximum atomic E-state index is 13.1. The number of nitrogens with one attached hydrogen (secondary N) is 1. The van der Waals surface area contributed by atoms with Crippen molar-refractivity contribution in [1.29, 1.82) is 0 Å². The van der Waals surface area contributed by atoms with E-state index in [1.54, 1.807) is 12.1 Å². The Bertz CT molecular complexity index is 1170. The Labute approximate surface area is 175 Å². The third kappa shape index (κ3) is 3.92. The van der Waals surface area contributed by atoms with Crippen LogP contribution in [0.5, 0.6) is 5.75 Å². The Morgan fingerprint density at radius 3 is 2.57 bits per heavy atom. The number of para-hydroxylation sites is 1. The number of aromatic nitrogens is 1. The molecule has 30 heavy (non-hydrogen) atoms. The van der Waals surface area contributed by atoms with Crippen LogP contribution in [0.1, 0.15) is 45.9 Å². The first-order valence-corrected chi connectivity index (χ1v) is 9.96. The number of aryl methyl sites for hydroxylation is 2. The van der Waals surface area contributed by atoms with Crippen LogP contribution in [0.15, 0.2) is 71.3 Å². The van der Waals surface area contributed by atoms with Crippen LogP contribution in [0.4, 0.5) is 0 Å². The molecule has 0 aliphatic rings. The van der Waals surface area contributed by atoms with E-state index in [1.165, 1.54) is 0 Å². The molecule has 0 spiro atoms. The summed E-state index contributed by atoms with van der Waals surface area (Å²) in [4.78, 5) is 13.1. The molecule has 1 atom stereocenters. The van der Waals surface area contributed by atoms with Crippen molar-refractivity contribution in [2.45, 2.75) is 33.4 Å². The summed E-state index contributed by atoms with van der Waals surface area (Å²) in [6.45, 7) is 6.01. The Hall–Kier alpha value is -3.60. The highest BCUT2D eigenvalue weighted by Gasteiger charge is 2.18. The van der Waals surface area contributed by atoms with Crippen LogP contribution < -0.4 is 10.1 Å². The number of carbonyl (C=O) groups is 1. The lowest BCUT2D eigenvalue weighted by Gasteiger charge is -2.18. The Morgan fingerprint density at radius 1 is 1.03 bits per heavy atom. The second-order valence-corrected chi connectivity index (χ2v) is 7.35. The maximum absolute atomic E-state index is 13.1. The van der Waals surface area contributed by atoms with Gasteiger partial charge in [0.25, 0.3) is 5.91 Å². The standard InChI is InChI=1S/C25H24N2O3/c1-16(20-13-8-10-19-9-4-5-11-21(19)20)26-25(28)22-12-6-7-14-24(22)29-15-23-17(2)27-30-18(23)3/h4-14,16H,15H2,1-3H3,(H,26,28). The third-order valence-electron chi connectivity index (χ3n) is 5.32. The van der Waals surface area contributed by atoms with Crippen molar-refractivity contribution in [3.8, 4) is 5.75 Å². The van der Waals surface area contributed by atoms with Crippen molar-refractivity contribution in [2.75, 3.05) is 0 Å². The number of benzene rings is 3. The summed E-state index contributed by atoms with van der Waals surface area (Å²) in [6, 6.07) is 21.4. The minimum Gasteiger partial charge on any atom is -0.488 e. The Balaban J connectivity index is 1.53. The van der Waals surface area contributed by atoms with Crippen LogP contribution in [0, 0.1) is 13.8 Å². The minimum atomic E-state index is -0.176. The molecule has 0 bridgehead atoms. The van der Waals surface area contributed by atoms with Gasteiger partial charge in [0.2, 0.25) is 0 Å². The summed E-state index contributed by atoms with van der Waals surface area (Å²) in [5.41, 5.74) is 3.26. The zero-order valence-electron chi connectivity index (χ0n) is 17.3. The number of amides is 1. The van der Waals surface area contributed by atoms with E-state index in [9.17, 15) is 4.79 Å². The SMILES string of the molecule is Cc1noc(C)c1COc1ccccc1C(=O)NC(C)c1cccc2ccccc12. The van der Waals surface area contributed by atoms with Crippen LogP contribution in [-0.4, -0.2) is 11.1 Å². The molecule has 0 aliphatic carbocycles. The fourth-order valence-electron chi connectivity index (χ4n) is 3.62. The van der Waals surface area contributed by atoms with E-state index in [-0.39, 0.29) is 11.9 Å². The Kier molecular flexibility index (Phi) is 5.53. The molecule has 3 aromatic carbocycles. The summed E-state index contributed by atoms with van der Waals surface area (Å²) >= 11 is 0. The van der Waals surface area contributed by atoms with Gasteiger partial charge in [-0.2, -0.15) is 0 Å². The lowest BCUT2D eigenvalue weighted by atomic mass is 9.99. The molecule has 1 aromatic heterocycles. The van der Waals surface area contributed by atoms with Gasteiger partial charge in [0, 0.05) is 0 Å². The molecule has 0 radical (unpaired) electrons. The van der Waals surface area contributed by atoms with Gasteiger partial charge in [0.15, 0.2) is 0 Å². The van der Waals surface area contributed by atoms with Crippen molar-refractivity contribution in [3.05, 3.63) is 94.9 Å². The average Bonchev–Trinajstić information content (AvgIpc) is 3.09. The number of hydrogen-bond acceptors (Lipinski definition) is 4. The topological polar surface area (TPSA) is 64.4 Å². The molecular weight excluding hydrogens is 376 g/mol. The molecule has 1 N–H and O–H groups in total. The molecule has 0 fully saturated rings. The van der Waals surface area contributed by atoms with E-state index in [2.05, 4.69) is 28.7 Å². The van der Waals surface area contributed by atoms with Crippen molar-refractivity contribution in [1.82, 2.24) is 10.5 Å². The average molecular weight is 400 g/mol. The first kappa shape index (κ1) is 19.7. The van der Waals surface area contributed by atoms with E-state index in [0.29, 0.717) is 17.9 Å². The minimum absolute atomic E-state index is 0.154. The molecular formula is C25H24N2O3. The van der Waals surface area contributed by atoms with Crippen LogP contribution in [0.25, 0.3) is 10.8 Å². The monoisotopic (exact) mass is 400 g/mol. The number of rotatable bonds is 6. The van der Waals surface area contributed by atoms with Gasteiger partial charge in [-0.25, -0.2) is 0 Å². The highest BCUT2D eigenvalue weighted by atomic mass is 16.5. The summed E-state index contributed by atoms with van der Waals surface area (Å²) in [7, 11) is 0. The number of fused-ring (bicyclic) bond motifs is 1. The van der Waals surface area contributed by atoms with E-state index in [1.807, 2.05) is 57.2 Å². The summed E-state index contributed by atoms with van der Waals surface area (Å²) in [5.74, 6) is 1.07. The highest BCUT2D eigenvalue weighted by molar-refractivity contribution is 5.97. The zero-order valence-corrected chi connectivity index (χ0v) is 17.3. The number of nitrogens with zero attached hydrogens (tertiary/aromatic N) is 1.